The van der Waals surface area contributed by atoms with E-state index in [-0.39, 0.29) is 5.82 Å². The Morgan fingerprint density at radius 2 is 1.90 bits per heavy atom. The van der Waals surface area contributed by atoms with Crippen LogP contribution in [0.15, 0.2) is 53.4 Å². The summed E-state index contributed by atoms with van der Waals surface area (Å²) in [7, 11) is 1.66. The summed E-state index contributed by atoms with van der Waals surface area (Å²) in [5.74, 6) is 0.688. The fraction of sp³-hybridized carbons (Fsp3) is 0.294. The molecule has 2 rings (SSSR count). The van der Waals surface area contributed by atoms with E-state index < -0.39 is 0 Å². The third-order valence-electron chi connectivity index (χ3n) is 3.10. The van der Waals surface area contributed by atoms with E-state index >= 15 is 0 Å². The predicted molar refractivity (Wildman–Crippen MR) is 86.0 cm³/mol. The Morgan fingerprint density at radius 3 is 2.67 bits per heavy atom. The molecule has 0 amide bonds. The minimum absolute atomic E-state index is 0.155. The van der Waals surface area contributed by atoms with Crippen LogP contribution < -0.4 is 5.32 Å². The molecule has 0 saturated heterocycles. The van der Waals surface area contributed by atoms with Crippen LogP contribution in [-0.2, 0) is 17.0 Å². The van der Waals surface area contributed by atoms with Gasteiger partial charge < -0.3 is 10.1 Å². The Bertz CT molecular complexity index is 548. The summed E-state index contributed by atoms with van der Waals surface area (Å²) in [6.45, 7) is 1.86. The molecule has 2 aromatic rings. The van der Waals surface area contributed by atoms with Gasteiger partial charge in [-0.1, -0.05) is 36.4 Å². The number of thioether (sulfide) groups is 1. The molecule has 1 N–H and O–H groups in total. The molecule has 0 aromatic heterocycles. The summed E-state index contributed by atoms with van der Waals surface area (Å²) >= 11 is 1.67. The molecular formula is C17H20FNOS. The highest BCUT2D eigenvalue weighted by Crippen LogP contribution is 2.27. The van der Waals surface area contributed by atoms with Crippen molar-refractivity contribution in [2.75, 3.05) is 20.3 Å². The van der Waals surface area contributed by atoms with Crippen LogP contribution in [0.4, 0.5) is 4.39 Å². The molecule has 0 aliphatic heterocycles. The topological polar surface area (TPSA) is 21.3 Å². The predicted octanol–water partition coefficient (Wildman–Crippen LogP) is 3.85. The normalized spacial score (nSPS) is 10.8. The van der Waals surface area contributed by atoms with Crippen molar-refractivity contribution in [2.45, 2.75) is 17.2 Å². The van der Waals surface area contributed by atoms with Gasteiger partial charge in [-0.05, 0) is 17.7 Å². The zero-order valence-corrected chi connectivity index (χ0v) is 13.0. The zero-order valence-electron chi connectivity index (χ0n) is 12.1. The van der Waals surface area contributed by atoms with Crippen molar-refractivity contribution in [2.24, 2.45) is 0 Å². The molecule has 0 heterocycles. The van der Waals surface area contributed by atoms with Gasteiger partial charge in [0.2, 0.25) is 0 Å². The quantitative estimate of drug-likeness (QED) is 0.591. The molecule has 0 fully saturated rings. The number of hydrogen-bond acceptors (Lipinski definition) is 3. The van der Waals surface area contributed by atoms with Crippen LogP contribution in [0.3, 0.4) is 0 Å². The number of nitrogens with one attached hydrogen (secondary N) is 1. The first-order valence-corrected chi connectivity index (χ1v) is 7.93. The standard InChI is InChI=1S/C17H20FNOS/c1-20-11-10-19-12-15-16(18)8-5-9-17(15)21-13-14-6-3-2-4-7-14/h2-9,19H,10-13H2,1H3. The van der Waals surface area contributed by atoms with Gasteiger partial charge >= 0.3 is 0 Å². The van der Waals surface area contributed by atoms with Gasteiger partial charge in [-0.15, -0.1) is 11.8 Å². The highest BCUT2D eigenvalue weighted by Gasteiger charge is 2.08. The largest absolute Gasteiger partial charge is 0.383 e. The maximum absolute atomic E-state index is 14.0. The molecule has 0 unspecified atom stereocenters. The van der Waals surface area contributed by atoms with E-state index in [2.05, 4.69) is 17.4 Å². The summed E-state index contributed by atoms with van der Waals surface area (Å²) in [6, 6.07) is 15.5. The molecule has 0 bridgehead atoms. The lowest BCUT2D eigenvalue weighted by Crippen LogP contribution is -2.19. The van der Waals surface area contributed by atoms with E-state index in [9.17, 15) is 4.39 Å². The van der Waals surface area contributed by atoms with Gasteiger partial charge in [0.15, 0.2) is 0 Å². The molecule has 0 aliphatic carbocycles. The highest BCUT2D eigenvalue weighted by molar-refractivity contribution is 7.98. The molecule has 0 saturated carbocycles. The molecule has 0 radical (unpaired) electrons. The number of hydrogen-bond donors (Lipinski definition) is 1. The first-order valence-electron chi connectivity index (χ1n) is 6.95. The first kappa shape index (κ1) is 16.0. The molecule has 0 atom stereocenters. The van der Waals surface area contributed by atoms with Gasteiger partial charge in [-0.3, -0.25) is 0 Å². The smallest absolute Gasteiger partial charge is 0.128 e. The molecule has 112 valence electrons. The zero-order chi connectivity index (χ0) is 14.9. The SMILES string of the molecule is COCCNCc1c(F)cccc1SCc1ccccc1. The van der Waals surface area contributed by atoms with E-state index in [1.807, 2.05) is 24.3 Å². The van der Waals surface area contributed by atoms with Crippen molar-refractivity contribution >= 4 is 11.8 Å². The Hall–Kier alpha value is -1.36. The summed E-state index contributed by atoms with van der Waals surface area (Å²) in [5, 5.41) is 3.20. The number of halogens is 1. The number of benzene rings is 2. The van der Waals surface area contributed by atoms with Crippen LogP contribution in [0.5, 0.6) is 0 Å². The van der Waals surface area contributed by atoms with Crippen LogP contribution in [0, 0.1) is 5.82 Å². The fourth-order valence-corrected chi connectivity index (χ4v) is 3.00. The van der Waals surface area contributed by atoms with E-state index in [0.29, 0.717) is 19.7 Å². The molecule has 4 heteroatoms. The van der Waals surface area contributed by atoms with Crippen LogP contribution in [-0.4, -0.2) is 20.3 Å². The van der Waals surface area contributed by atoms with Gasteiger partial charge in [-0.25, -0.2) is 4.39 Å². The van der Waals surface area contributed by atoms with Crippen molar-refractivity contribution in [1.29, 1.82) is 0 Å². The Labute approximate surface area is 129 Å². The van der Waals surface area contributed by atoms with Gasteiger partial charge in [0.05, 0.1) is 6.61 Å². The van der Waals surface area contributed by atoms with Crippen LogP contribution in [0.2, 0.25) is 0 Å². The molecule has 2 nitrogen and oxygen atoms in total. The van der Waals surface area contributed by atoms with Crippen molar-refractivity contribution in [3.05, 3.63) is 65.5 Å². The number of rotatable bonds is 8. The van der Waals surface area contributed by atoms with Crippen LogP contribution in [0.1, 0.15) is 11.1 Å². The Balaban J connectivity index is 1.99. The number of methoxy groups -OCH3 is 1. The van der Waals surface area contributed by atoms with Gasteiger partial charge in [0, 0.05) is 36.4 Å². The van der Waals surface area contributed by atoms with Crippen molar-refractivity contribution < 1.29 is 9.13 Å². The van der Waals surface area contributed by atoms with Crippen LogP contribution >= 0.6 is 11.8 Å². The summed E-state index contributed by atoms with van der Waals surface area (Å²) in [6.07, 6.45) is 0. The van der Waals surface area contributed by atoms with E-state index in [1.54, 1.807) is 24.9 Å². The summed E-state index contributed by atoms with van der Waals surface area (Å²) < 4.78 is 19.0. The van der Waals surface area contributed by atoms with Crippen LogP contribution in [0.25, 0.3) is 0 Å². The first-order chi connectivity index (χ1) is 10.3. The molecule has 0 aliphatic rings. The fourth-order valence-electron chi connectivity index (χ4n) is 1.97. The summed E-state index contributed by atoms with van der Waals surface area (Å²) in [5.41, 5.74) is 1.97. The lowest BCUT2D eigenvalue weighted by Gasteiger charge is -2.11. The van der Waals surface area contributed by atoms with Crippen molar-refractivity contribution in [3.63, 3.8) is 0 Å². The summed E-state index contributed by atoms with van der Waals surface area (Å²) in [4.78, 5) is 0.990. The molecular weight excluding hydrogens is 285 g/mol. The van der Waals surface area contributed by atoms with Gasteiger partial charge in [0.25, 0.3) is 0 Å². The molecule has 21 heavy (non-hydrogen) atoms. The average molecular weight is 305 g/mol. The lowest BCUT2D eigenvalue weighted by molar-refractivity contribution is 0.199. The van der Waals surface area contributed by atoms with Crippen molar-refractivity contribution in [3.8, 4) is 0 Å². The second-order valence-corrected chi connectivity index (χ2v) is 5.68. The second kappa shape index (κ2) is 8.82. The Morgan fingerprint density at radius 1 is 1.10 bits per heavy atom. The maximum Gasteiger partial charge on any atom is 0.128 e. The molecule has 2 aromatic carbocycles. The molecule has 0 spiro atoms. The average Bonchev–Trinajstić information content (AvgIpc) is 2.52. The van der Waals surface area contributed by atoms with E-state index in [1.165, 1.54) is 11.6 Å². The van der Waals surface area contributed by atoms with E-state index in [0.717, 1.165) is 16.2 Å². The second-order valence-electron chi connectivity index (χ2n) is 4.66. The minimum atomic E-state index is -0.155. The van der Waals surface area contributed by atoms with Gasteiger partial charge in [0.1, 0.15) is 5.82 Å². The van der Waals surface area contributed by atoms with E-state index in [4.69, 9.17) is 4.74 Å². The minimum Gasteiger partial charge on any atom is -0.383 e. The Kier molecular flexibility index (Phi) is 6.73. The van der Waals surface area contributed by atoms with Gasteiger partial charge in [-0.2, -0.15) is 0 Å². The maximum atomic E-state index is 14.0. The third-order valence-corrected chi connectivity index (χ3v) is 4.27. The lowest BCUT2D eigenvalue weighted by atomic mass is 10.2. The monoisotopic (exact) mass is 305 g/mol. The van der Waals surface area contributed by atoms with Crippen molar-refractivity contribution in [1.82, 2.24) is 5.32 Å². The third kappa shape index (κ3) is 5.16. The number of ether oxygens (including phenoxy) is 1. The highest BCUT2D eigenvalue weighted by atomic mass is 32.2.